The molecule has 27 heavy (non-hydrogen) atoms. The van der Waals surface area contributed by atoms with Crippen LogP contribution >= 0.6 is 0 Å². The number of hydrogen-bond donors (Lipinski definition) is 1. The maximum Gasteiger partial charge on any atom is 0.337 e. The predicted octanol–water partition coefficient (Wildman–Crippen LogP) is 2.80. The van der Waals surface area contributed by atoms with Gasteiger partial charge < -0.3 is 19.4 Å². The van der Waals surface area contributed by atoms with E-state index in [2.05, 4.69) is 9.97 Å². The Bertz CT molecular complexity index is 1090. The van der Waals surface area contributed by atoms with Crippen molar-refractivity contribution in [2.24, 2.45) is 0 Å². The van der Waals surface area contributed by atoms with Crippen LogP contribution in [0.25, 0.3) is 11.0 Å². The number of benzene rings is 2. The molecule has 2 aromatic carbocycles. The summed E-state index contributed by atoms with van der Waals surface area (Å²) < 4.78 is 10.1. The van der Waals surface area contributed by atoms with E-state index in [1.165, 1.54) is 7.11 Å². The molecule has 138 valence electrons. The van der Waals surface area contributed by atoms with Crippen LogP contribution in [0.15, 0.2) is 41.2 Å². The van der Waals surface area contributed by atoms with Crippen molar-refractivity contribution in [2.75, 3.05) is 25.7 Å². The summed E-state index contributed by atoms with van der Waals surface area (Å²) >= 11 is 0. The molecule has 0 unspecified atom stereocenters. The summed E-state index contributed by atoms with van der Waals surface area (Å²) in [5, 5.41) is 0. The highest BCUT2D eigenvalue weighted by atomic mass is 16.5. The fourth-order valence-corrected chi connectivity index (χ4v) is 3.42. The van der Waals surface area contributed by atoms with E-state index >= 15 is 0 Å². The van der Waals surface area contributed by atoms with Gasteiger partial charge in [0.2, 0.25) is 0 Å². The lowest BCUT2D eigenvalue weighted by Crippen LogP contribution is -2.30. The van der Waals surface area contributed by atoms with Crippen molar-refractivity contribution in [3.05, 3.63) is 57.9 Å². The molecular weight excluding hydrogens is 346 g/mol. The molecular formula is C20H19N3O4. The van der Waals surface area contributed by atoms with Crippen molar-refractivity contribution in [3.8, 4) is 5.75 Å². The molecule has 1 aliphatic rings. The zero-order chi connectivity index (χ0) is 19.0. The molecule has 0 bridgehead atoms. The van der Waals surface area contributed by atoms with Gasteiger partial charge in [-0.05, 0) is 54.8 Å². The largest absolute Gasteiger partial charge is 0.497 e. The van der Waals surface area contributed by atoms with Crippen LogP contribution in [0.5, 0.6) is 5.75 Å². The number of esters is 1. The molecule has 1 aromatic heterocycles. The van der Waals surface area contributed by atoms with Gasteiger partial charge in [0.25, 0.3) is 5.56 Å². The average Bonchev–Trinajstić information content (AvgIpc) is 2.71. The van der Waals surface area contributed by atoms with Crippen LogP contribution < -0.4 is 15.2 Å². The van der Waals surface area contributed by atoms with Gasteiger partial charge >= 0.3 is 5.97 Å². The number of carbonyl (C=O) groups excluding carboxylic acids is 1. The van der Waals surface area contributed by atoms with E-state index in [9.17, 15) is 9.59 Å². The summed E-state index contributed by atoms with van der Waals surface area (Å²) in [6.07, 6.45) is 1.82. The molecule has 0 atom stereocenters. The first-order valence-corrected chi connectivity index (χ1v) is 8.67. The van der Waals surface area contributed by atoms with Crippen molar-refractivity contribution in [3.63, 3.8) is 0 Å². The molecule has 1 N–H and O–H groups in total. The van der Waals surface area contributed by atoms with E-state index in [4.69, 9.17) is 9.47 Å². The molecule has 0 amide bonds. The number of carbonyl (C=O) groups is 1. The van der Waals surface area contributed by atoms with Gasteiger partial charge in [-0.25, -0.2) is 9.78 Å². The second-order valence-electron chi connectivity index (χ2n) is 6.36. The number of aryl methyl sites for hydroxylation is 1. The zero-order valence-corrected chi connectivity index (χ0v) is 15.1. The Hall–Kier alpha value is -3.35. The summed E-state index contributed by atoms with van der Waals surface area (Å²) in [4.78, 5) is 33.8. The highest BCUT2D eigenvalue weighted by Crippen LogP contribution is 2.33. The SMILES string of the molecule is COC(=O)c1ccc2[nH]c(=O)c(N3CCCc4cc(OC)ccc43)nc2c1. The maximum absolute atomic E-state index is 12.7. The average molecular weight is 365 g/mol. The number of H-pyrrole nitrogens is 1. The Labute approximate surface area is 155 Å². The van der Waals surface area contributed by atoms with Crippen LogP contribution in [0, 0.1) is 0 Å². The second kappa shape index (κ2) is 6.75. The molecule has 0 aliphatic carbocycles. The van der Waals surface area contributed by atoms with Gasteiger partial charge in [-0.1, -0.05) is 0 Å². The summed E-state index contributed by atoms with van der Waals surface area (Å²) in [5.74, 6) is 0.663. The lowest BCUT2D eigenvalue weighted by Gasteiger charge is -2.30. The summed E-state index contributed by atoms with van der Waals surface area (Å²) in [6.45, 7) is 0.692. The summed E-state index contributed by atoms with van der Waals surface area (Å²) in [6, 6.07) is 10.7. The van der Waals surface area contributed by atoms with Gasteiger partial charge in [0.05, 0.1) is 30.8 Å². The first-order valence-electron chi connectivity index (χ1n) is 8.67. The Morgan fingerprint density at radius 1 is 1.19 bits per heavy atom. The molecule has 0 fully saturated rings. The third kappa shape index (κ3) is 3.01. The lowest BCUT2D eigenvalue weighted by molar-refractivity contribution is 0.0601. The topological polar surface area (TPSA) is 84.5 Å². The number of ether oxygens (including phenoxy) is 2. The Morgan fingerprint density at radius 3 is 2.81 bits per heavy atom. The molecule has 0 spiro atoms. The number of hydrogen-bond acceptors (Lipinski definition) is 6. The highest BCUT2D eigenvalue weighted by molar-refractivity contribution is 5.93. The van der Waals surface area contributed by atoms with Gasteiger partial charge in [-0.15, -0.1) is 0 Å². The first kappa shape index (κ1) is 17.1. The van der Waals surface area contributed by atoms with Crippen molar-refractivity contribution < 1.29 is 14.3 Å². The van der Waals surface area contributed by atoms with Crippen LogP contribution in [-0.4, -0.2) is 36.7 Å². The van der Waals surface area contributed by atoms with Gasteiger partial charge in [-0.3, -0.25) is 4.79 Å². The fraction of sp³-hybridized carbons (Fsp3) is 0.250. The van der Waals surface area contributed by atoms with E-state index in [0.29, 0.717) is 29.0 Å². The number of aromatic nitrogens is 2. The summed E-state index contributed by atoms with van der Waals surface area (Å²) in [7, 11) is 2.97. The van der Waals surface area contributed by atoms with Crippen molar-refractivity contribution in [1.29, 1.82) is 0 Å². The molecule has 3 aromatic rings. The summed E-state index contributed by atoms with van der Waals surface area (Å²) in [5.41, 5.74) is 3.29. The Morgan fingerprint density at radius 2 is 2.04 bits per heavy atom. The Balaban J connectivity index is 1.83. The molecule has 7 heteroatoms. The number of nitrogens with zero attached hydrogens (tertiary/aromatic N) is 2. The van der Waals surface area contributed by atoms with Crippen LogP contribution in [0.3, 0.4) is 0 Å². The first-order chi connectivity index (χ1) is 13.1. The Kier molecular flexibility index (Phi) is 4.27. The number of methoxy groups -OCH3 is 2. The standard InChI is InChI=1S/C20H19N3O4/c1-26-14-6-8-17-12(10-14)4-3-9-23(17)18-19(24)22-15-7-5-13(20(25)27-2)11-16(15)21-18/h5-8,10-11H,3-4,9H2,1-2H3,(H,22,24). The third-order valence-electron chi connectivity index (χ3n) is 4.76. The van der Waals surface area contributed by atoms with E-state index in [0.717, 1.165) is 29.8 Å². The normalized spacial score (nSPS) is 13.3. The minimum atomic E-state index is -0.443. The number of rotatable bonds is 3. The van der Waals surface area contributed by atoms with E-state index in [1.807, 2.05) is 23.1 Å². The van der Waals surface area contributed by atoms with Crippen molar-refractivity contribution in [2.45, 2.75) is 12.8 Å². The molecule has 7 nitrogen and oxygen atoms in total. The molecule has 0 radical (unpaired) electrons. The minimum Gasteiger partial charge on any atom is -0.497 e. The molecule has 0 saturated heterocycles. The van der Waals surface area contributed by atoms with Gasteiger partial charge in [0.1, 0.15) is 5.75 Å². The molecule has 1 aliphatic heterocycles. The van der Waals surface area contributed by atoms with Gasteiger partial charge in [0.15, 0.2) is 5.82 Å². The smallest absolute Gasteiger partial charge is 0.337 e. The van der Waals surface area contributed by atoms with Crippen LogP contribution in [0.4, 0.5) is 11.5 Å². The van der Waals surface area contributed by atoms with Crippen LogP contribution in [0.2, 0.25) is 0 Å². The minimum absolute atomic E-state index is 0.267. The molecule has 2 heterocycles. The highest BCUT2D eigenvalue weighted by Gasteiger charge is 2.22. The second-order valence-corrected chi connectivity index (χ2v) is 6.36. The van der Waals surface area contributed by atoms with Crippen LogP contribution in [-0.2, 0) is 11.2 Å². The number of fused-ring (bicyclic) bond motifs is 2. The quantitative estimate of drug-likeness (QED) is 0.719. The zero-order valence-electron chi connectivity index (χ0n) is 15.1. The maximum atomic E-state index is 12.7. The fourth-order valence-electron chi connectivity index (χ4n) is 3.42. The monoisotopic (exact) mass is 365 g/mol. The van der Waals surface area contributed by atoms with Gasteiger partial charge in [0, 0.05) is 12.2 Å². The van der Waals surface area contributed by atoms with E-state index in [-0.39, 0.29) is 5.56 Å². The lowest BCUT2D eigenvalue weighted by atomic mass is 10.0. The number of anilines is 2. The molecule has 4 rings (SSSR count). The van der Waals surface area contributed by atoms with Crippen LogP contribution in [0.1, 0.15) is 22.3 Å². The van der Waals surface area contributed by atoms with Crippen molar-refractivity contribution in [1.82, 2.24) is 9.97 Å². The van der Waals surface area contributed by atoms with Crippen molar-refractivity contribution >= 4 is 28.5 Å². The number of nitrogens with one attached hydrogen (secondary N) is 1. The molecule has 0 saturated carbocycles. The van der Waals surface area contributed by atoms with E-state index < -0.39 is 5.97 Å². The third-order valence-corrected chi connectivity index (χ3v) is 4.76. The number of aromatic amines is 1. The predicted molar refractivity (Wildman–Crippen MR) is 102 cm³/mol. The van der Waals surface area contributed by atoms with E-state index in [1.54, 1.807) is 25.3 Å². The van der Waals surface area contributed by atoms with Gasteiger partial charge in [-0.2, -0.15) is 0 Å².